The van der Waals surface area contributed by atoms with E-state index in [1.54, 1.807) is 12.3 Å². The van der Waals surface area contributed by atoms with E-state index >= 15 is 0 Å². The molecule has 0 spiro atoms. The number of halogens is 1. The summed E-state index contributed by atoms with van der Waals surface area (Å²) >= 11 is 4.92. The molecule has 0 atom stereocenters. The first-order chi connectivity index (χ1) is 13.7. The van der Waals surface area contributed by atoms with Crippen molar-refractivity contribution >= 4 is 44.1 Å². The van der Waals surface area contributed by atoms with E-state index in [0.717, 1.165) is 34.7 Å². The van der Waals surface area contributed by atoms with E-state index in [1.807, 2.05) is 24.4 Å². The molecule has 8 heteroatoms. The Hall–Kier alpha value is -2.29. The highest BCUT2D eigenvalue weighted by Crippen LogP contribution is 2.23. The van der Waals surface area contributed by atoms with E-state index in [-0.39, 0.29) is 5.91 Å². The Morgan fingerprint density at radius 3 is 2.61 bits per heavy atom. The van der Waals surface area contributed by atoms with Crippen molar-refractivity contribution in [2.45, 2.75) is 6.42 Å². The molecule has 1 aliphatic rings. The Labute approximate surface area is 175 Å². The van der Waals surface area contributed by atoms with Crippen LogP contribution in [0.2, 0.25) is 0 Å². The Kier molecular flexibility index (Phi) is 5.99. The molecule has 1 aliphatic heterocycles. The van der Waals surface area contributed by atoms with Gasteiger partial charge in [0.15, 0.2) is 5.13 Å². The number of benzene rings is 1. The van der Waals surface area contributed by atoms with E-state index in [9.17, 15) is 4.79 Å². The van der Waals surface area contributed by atoms with Crippen molar-refractivity contribution in [1.82, 2.24) is 9.97 Å². The summed E-state index contributed by atoms with van der Waals surface area (Å²) in [5.41, 5.74) is 1.72. The van der Waals surface area contributed by atoms with E-state index in [1.165, 1.54) is 16.9 Å². The number of aromatic nitrogens is 2. The summed E-state index contributed by atoms with van der Waals surface area (Å²) in [6.45, 7) is 3.05. The van der Waals surface area contributed by atoms with Gasteiger partial charge < -0.3 is 9.64 Å². The van der Waals surface area contributed by atoms with Crippen molar-refractivity contribution in [3.8, 4) is 0 Å². The fourth-order valence-electron chi connectivity index (χ4n) is 2.92. The van der Waals surface area contributed by atoms with Crippen molar-refractivity contribution in [2.24, 2.45) is 0 Å². The van der Waals surface area contributed by atoms with Gasteiger partial charge in [0, 0.05) is 41.3 Å². The fraction of sp³-hybridized carbons (Fsp3) is 0.250. The summed E-state index contributed by atoms with van der Waals surface area (Å²) in [4.78, 5) is 24.5. The Morgan fingerprint density at radius 2 is 1.89 bits per heavy atom. The van der Waals surface area contributed by atoms with Crippen molar-refractivity contribution in [2.75, 3.05) is 36.5 Å². The molecule has 1 aromatic carbocycles. The van der Waals surface area contributed by atoms with Gasteiger partial charge in [-0.3, -0.25) is 10.1 Å². The van der Waals surface area contributed by atoms with Crippen molar-refractivity contribution in [1.29, 1.82) is 0 Å². The maximum absolute atomic E-state index is 12.5. The number of carbonyl (C=O) groups excluding carboxylic acids is 1. The molecule has 1 fully saturated rings. The summed E-state index contributed by atoms with van der Waals surface area (Å²) in [6.07, 6.45) is 4.20. The normalized spacial score (nSPS) is 14.1. The van der Waals surface area contributed by atoms with Crippen LogP contribution in [-0.2, 0) is 11.2 Å². The van der Waals surface area contributed by atoms with E-state index in [0.29, 0.717) is 23.9 Å². The standard InChI is InChI=1S/C20H19BrN4O2S/c21-16-4-1-14(2-5-16)11-17-13-23-20(28-17)24-19(26)15-3-6-18(22-12-15)25-7-9-27-10-8-25/h1-6,12-13H,7-11H2,(H,23,24,26). The number of morpholine rings is 1. The predicted molar refractivity (Wildman–Crippen MR) is 114 cm³/mol. The van der Waals surface area contributed by atoms with Crippen LogP contribution in [0.1, 0.15) is 20.8 Å². The average Bonchev–Trinajstić information content (AvgIpc) is 3.17. The van der Waals surface area contributed by atoms with Crippen molar-refractivity contribution < 1.29 is 9.53 Å². The SMILES string of the molecule is O=C(Nc1ncc(Cc2ccc(Br)cc2)s1)c1ccc(N2CCOCC2)nc1. The molecular weight excluding hydrogens is 440 g/mol. The lowest BCUT2D eigenvalue weighted by Crippen LogP contribution is -2.36. The summed E-state index contributed by atoms with van der Waals surface area (Å²) in [6, 6.07) is 11.9. The maximum Gasteiger partial charge on any atom is 0.259 e. The lowest BCUT2D eigenvalue weighted by atomic mass is 10.1. The Bertz CT molecular complexity index is 938. The zero-order valence-electron chi connectivity index (χ0n) is 15.1. The number of hydrogen-bond donors (Lipinski definition) is 1. The summed E-state index contributed by atoms with van der Waals surface area (Å²) < 4.78 is 6.41. The van der Waals surface area contributed by atoms with Crippen LogP contribution in [0, 0.1) is 0 Å². The van der Waals surface area contributed by atoms with Gasteiger partial charge >= 0.3 is 0 Å². The molecule has 0 radical (unpaired) electrons. The number of pyridine rings is 1. The van der Waals surface area contributed by atoms with Crippen LogP contribution in [0.5, 0.6) is 0 Å². The zero-order valence-corrected chi connectivity index (χ0v) is 17.5. The second kappa shape index (κ2) is 8.81. The molecule has 0 aliphatic carbocycles. The zero-order chi connectivity index (χ0) is 19.3. The number of carbonyl (C=O) groups is 1. The monoisotopic (exact) mass is 458 g/mol. The summed E-state index contributed by atoms with van der Waals surface area (Å²) in [5, 5.41) is 3.45. The minimum Gasteiger partial charge on any atom is -0.378 e. The smallest absolute Gasteiger partial charge is 0.259 e. The molecule has 1 saturated heterocycles. The molecule has 3 heterocycles. The number of anilines is 2. The van der Waals surface area contributed by atoms with Gasteiger partial charge in [0.05, 0.1) is 18.8 Å². The highest BCUT2D eigenvalue weighted by Gasteiger charge is 2.14. The van der Waals surface area contributed by atoms with Crippen LogP contribution in [0.25, 0.3) is 0 Å². The number of amides is 1. The quantitative estimate of drug-likeness (QED) is 0.625. The molecule has 28 heavy (non-hydrogen) atoms. The molecule has 1 amide bonds. The number of hydrogen-bond acceptors (Lipinski definition) is 6. The van der Waals surface area contributed by atoms with Crippen LogP contribution >= 0.6 is 27.3 Å². The van der Waals surface area contributed by atoms with E-state index in [4.69, 9.17) is 4.74 Å². The molecule has 3 aromatic rings. The molecule has 0 bridgehead atoms. The first kappa shape index (κ1) is 19.0. The largest absolute Gasteiger partial charge is 0.378 e. The van der Waals surface area contributed by atoms with Crippen molar-refractivity contribution in [3.05, 3.63) is 69.3 Å². The predicted octanol–water partition coefficient (Wildman–Crippen LogP) is 3.98. The average molecular weight is 459 g/mol. The third kappa shape index (κ3) is 4.76. The molecule has 0 unspecified atom stereocenters. The van der Waals surface area contributed by atoms with E-state index in [2.05, 4.69) is 48.2 Å². The van der Waals surface area contributed by atoms with Crippen molar-refractivity contribution in [3.63, 3.8) is 0 Å². The third-order valence-electron chi connectivity index (χ3n) is 4.41. The highest BCUT2D eigenvalue weighted by atomic mass is 79.9. The number of rotatable bonds is 5. The molecule has 144 valence electrons. The number of nitrogens with zero attached hydrogens (tertiary/aromatic N) is 3. The number of ether oxygens (including phenoxy) is 1. The van der Waals surface area contributed by atoms with Crippen LogP contribution in [0.3, 0.4) is 0 Å². The van der Waals surface area contributed by atoms with Gasteiger partial charge in [-0.05, 0) is 29.8 Å². The highest BCUT2D eigenvalue weighted by molar-refractivity contribution is 9.10. The first-order valence-corrected chi connectivity index (χ1v) is 10.6. The lowest BCUT2D eigenvalue weighted by Gasteiger charge is -2.27. The molecule has 4 rings (SSSR count). The van der Waals surface area contributed by atoms with Crippen LogP contribution in [0.4, 0.5) is 10.9 Å². The molecular formula is C20H19BrN4O2S. The minimum absolute atomic E-state index is 0.203. The van der Waals surface area contributed by atoms with Gasteiger partial charge in [-0.1, -0.05) is 28.1 Å². The van der Waals surface area contributed by atoms with Crippen LogP contribution in [0.15, 0.2) is 53.3 Å². The molecule has 2 aromatic heterocycles. The molecule has 6 nitrogen and oxygen atoms in total. The molecule has 0 saturated carbocycles. The maximum atomic E-state index is 12.5. The van der Waals surface area contributed by atoms with Crippen LogP contribution < -0.4 is 10.2 Å². The van der Waals surface area contributed by atoms with Gasteiger partial charge in [-0.25, -0.2) is 9.97 Å². The first-order valence-electron chi connectivity index (χ1n) is 8.96. The topological polar surface area (TPSA) is 67.4 Å². The van der Waals surface area contributed by atoms with Gasteiger partial charge in [0.1, 0.15) is 5.82 Å². The number of nitrogens with one attached hydrogen (secondary N) is 1. The van der Waals surface area contributed by atoms with Gasteiger partial charge in [-0.2, -0.15) is 0 Å². The minimum atomic E-state index is -0.203. The fourth-order valence-corrected chi connectivity index (χ4v) is 4.03. The Morgan fingerprint density at radius 1 is 1.11 bits per heavy atom. The molecule has 1 N–H and O–H groups in total. The Balaban J connectivity index is 1.37. The van der Waals surface area contributed by atoms with Gasteiger partial charge in [-0.15, -0.1) is 11.3 Å². The van der Waals surface area contributed by atoms with Crippen LogP contribution in [-0.4, -0.2) is 42.2 Å². The van der Waals surface area contributed by atoms with E-state index < -0.39 is 0 Å². The summed E-state index contributed by atoms with van der Waals surface area (Å²) in [5.74, 6) is 0.663. The number of thiazole rings is 1. The third-order valence-corrected chi connectivity index (χ3v) is 5.85. The van der Waals surface area contributed by atoms with Gasteiger partial charge in [0.25, 0.3) is 5.91 Å². The van der Waals surface area contributed by atoms with Gasteiger partial charge in [0.2, 0.25) is 0 Å². The lowest BCUT2D eigenvalue weighted by molar-refractivity contribution is 0.102. The summed E-state index contributed by atoms with van der Waals surface area (Å²) in [7, 11) is 0. The second-order valence-electron chi connectivity index (χ2n) is 6.39. The second-order valence-corrected chi connectivity index (χ2v) is 8.42.